The summed E-state index contributed by atoms with van der Waals surface area (Å²) in [6.07, 6.45) is 7.74. The summed E-state index contributed by atoms with van der Waals surface area (Å²) < 4.78 is 0. The molecule has 1 aliphatic rings. The van der Waals surface area contributed by atoms with Crippen molar-refractivity contribution >= 4 is 0 Å². The van der Waals surface area contributed by atoms with Crippen molar-refractivity contribution in [3.63, 3.8) is 0 Å². The summed E-state index contributed by atoms with van der Waals surface area (Å²) in [4.78, 5) is 3.06. The van der Waals surface area contributed by atoms with E-state index in [0.29, 0.717) is 5.41 Å². The highest BCUT2D eigenvalue weighted by atomic mass is 14.9. The lowest BCUT2D eigenvalue weighted by atomic mass is 10.1. The molecule has 78 valence electrons. The standard InChI is InChI=1S/C11H19N3/c12-8-11(3-4-11)9-14-6-2-10-1-5-13-7-10/h1,5,7,13-14H,2-4,6,8-9,12H2. The van der Waals surface area contributed by atoms with Gasteiger partial charge in [0, 0.05) is 18.9 Å². The van der Waals surface area contributed by atoms with E-state index >= 15 is 0 Å². The van der Waals surface area contributed by atoms with Crippen LogP contribution in [0.15, 0.2) is 18.5 Å². The molecule has 0 bridgehead atoms. The Kier molecular flexibility index (Phi) is 2.89. The molecule has 0 aliphatic heterocycles. The number of hydrogen-bond acceptors (Lipinski definition) is 2. The molecule has 3 nitrogen and oxygen atoms in total. The van der Waals surface area contributed by atoms with E-state index in [4.69, 9.17) is 5.73 Å². The Balaban J connectivity index is 1.60. The molecule has 1 aromatic rings. The summed E-state index contributed by atoms with van der Waals surface area (Å²) in [5.74, 6) is 0. The summed E-state index contributed by atoms with van der Waals surface area (Å²) in [5, 5.41) is 3.48. The van der Waals surface area contributed by atoms with Gasteiger partial charge >= 0.3 is 0 Å². The molecule has 3 heteroatoms. The van der Waals surface area contributed by atoms with Gasteiger partial charge in [-0.05, 0) is 49.4 Å². The highest BCUT2D eigenvalue weighted by molar-refractivity contribution is 5.08. The van der Waals surface area contributed by atoms with Gasteiger partial charge in [0.1, 0.15) is 0 Å². The fourth-order valence-corrected chi connectivity index (χ4v) is 1.73. The molecular formula is C11H19N3. The molecule has 4 N–H and O–H groups in total. The third-order valence-electron chi connectivity index (χ3n) is 3.14. The van der Waals surface area contributed by atoms with E-state index in [1.54, 1.807) is 0 Å². The zero-order chi connectivity index (χ0) is 9.86. The third-order valence-corrected chi connectivity index (χ3v) is 3.14. The lowest BCUT2D eigenvalue weighted by Crippen LogP contribution is -2.30. The van der Waals surface area contributed by atoms with Gasteiger partial charge in [-0.2, -0.15) is 0 Å². The van der Waals surface area contributed by atoms with Crippen LogP contribution in [0.2, 0.25) is 0 Å². The maximum atomic E-state index is 5.70. The van der Waals surface area contributed by atoms with Crippen molar-refractivity contribution in [3.8, 4) is 0 Å². The van der Waals surface area contributed by atoms with Crippen LogP contribution in [0.1, 0.15) is 18.4 Å². The summed E-state index contributed by atoms with van der Waals surface area (Å²) in [7, 11) is 0. The molecule has 2 rings (SSSR count). The average Bonchev–Trinajstić information content (AvgIpc) is 2.81. The van der Waals surface area contributed by atoms with E-state index in [1.165, 1.54) is 18.4 Å². The predicted molar refractivity (Wildman–Crippen MR) is 58.1 cm³/mol. The largest absolute Gasteiger partial charge is 0.367 e. The fraction of sp³-hybridized carbons (Fsp3) is 0.636. The van der Waals surface area contributed by atoms with Gasteiger partial charge < -0.3 is 16.0 Å². The number of H-pyrrole nitrogens is 1. The van der Waals surface area contributed by atoms with Crippen molar-refractivity contribution in [2.75, 3.05) is 19.6 Å². The van der Waals surface area contributed by atoms with Crippen molar-refractivity contribution in [3.05, 3.63) is 24.0 Å². The van der Waals surface area contributed by atoms with Gasteiger partial charge in [0.25, 0.3) is 0 Å². The minimum absolute atomic E-state index is 0.456. The lowest BCUT2D eigenvalue weighted by molar-refractivity contribution is 0.470. The number of nitrogens with one attached hydrogen (secondary N) is 2. The lowest BCUT2D eigenvalue weighted by Gasteiger charge is -2.12. The van der Waals surface area contributed by atoms with Crippen LogP contribution in [-0.2, 0) is 6.42 Å². The van der Waals surface area contributed by atoms with Crippen LogP contribution >= 0.6 is 0 Å². The van der Waals surface area contributed by atoms with Gasteiger partial charge in [0.2, 0.25) is 0 Å². The number of aromatic nitrogens is 1. The first kappa shape index (κ1) is 9.74. The molecule has 0 aromatic carbocycles. The van der Waals surface area contributed by atoms with Crippen LogP contribution in [-0.4, -0.2) is 24.6 Å². The van der Waals surface area contributed by atoms with Crippen LogP contribution in [0.5, 0.6) is 0 Å². The fourth-order valence-electron chi connectivity index (χ4n) is 1.73. The zero-order valence-electron chi connectivity index (χ0n) is 8.55. The first-order chi connectivity index (χ1) is 6.85. The van der Waals surface area contributed by atoms with E-state index in [2.05, 4.69) is 22.6 Å². The molecule has 1 saturated carbocycles. The molecule has 1 heterocycles. The van der Waals surface area contributed by atoms with E-state index in [1.807, 2.05) is 6.20 Å². The van der Waals surface area contributed by atoms with Crippen LogP contribution < -0.4 is 11.1 Å². The van der Waals surface area contributed by atoms with Crippen molar-refractivity contribution in [1.29, 1.82) is 0 Å². The van der Waals surface area contributed by atoms with E-state index in [9.17, 15) is 0 Å². The molecular weight excluding hydrogens is 174 g/mol. The second-order valence-electron chi connectivity index (χ2n) is 4.35. The van der Waals surface area contributed by atoms with Crippen LogP contribution in [0.25, 0.3) is 0 Å². The quantitative estimate of drug-likeness (QED) is 0.588. The molecule has 0 atom stereocenters. The Morgan fingerprint density at radius 1 is 1.50 bits per heavy atom. The molecule has 0 unspecified atom stereocenters. The topological polar surface area (TPSA) is 53.8 Å². The molecule has 14 heavy (non-hydrogen) atoms. The normalized spacial score (nSPS) is 18.4. The molecule has 1 fully saturated rings. The Hall–Kier alpha value is -0.800. The predicted octanol–water partition coefficient (Wildman–Crippen LogP) is 0.886. The first-order valence-corrected chi connectivity index (χ1v) is 5.37. The van der Waals surface area contributed by atoms with Gasteiger partial charge in [-0.15, -0.1) is 0 Å². The van der Waals surface area contributed by atoms with Crippen LogP contribution in [0.3, 0.4) is 0 Å². The number of aromatic amines is 1. The van der Waals surface area contributed by atoms with Crippen molar-refractivity contribution in [2.24, 2.45) is 11.1 Å². The second kappa shape index (κ2) is 4.15. The van der Waals surface area contributed by atoms with Gasteiger partial charge in [-0.25, -0.2) is 0 Å². The maximum Gasteiger partial charge on any atom is 0.00378 e. The van der Waals surface area contributed by atoms with Crippen LogP contribution in [0, 0.1) is 5.41 Å². The Morgan fingerprint density at radius 3 is 2.93 bits per heavy atom. The highest BCUT2D eigenvalue weighted by Crippen LogP contribution is 2.43. The average molecular weight is 193 g/mol. The number of hydrogen-bond donors (Lipinski definition) is 3. The highest BCUT2D eigenvalue weighted by Gasteiger charge is 2.40. The molecule has 1 aromatic heterocycles. The molecule has 1 aliphatic carbocycles. The third kappa shape index (κ3) is 2.36. The molecule has 0 saturated heterocycles. The smallest absolute Gasteiger partial charge is 0.00378 e. The van der Waals surface area contributed by atoms with Crippen LogP contribution in [0.4, 0.5) is 0 Å². The summed E-state index contributed by atoms with van der Waals surface area (Å²) in [6, 6.07) is 2.12. The maximum absolute atomic E-state index is 5.70. The monoisotopic (exact) mass is 193 g/mol. The van der Waals surface area contributed by atoms with Crippen molar-refractivity contribution in [1.82, 2.24) is 10.3 Å². The van der Waals surface area contributed by atoms with E-state index < -0.39 is 0 Å². The molecule has 0 spiro atoms. The summed E-state index contributed by atoms with van der Waals surface area (Å²) in [6.45, 7) is 2.98. The van der Waals surface area contributed by atoms with Gasteiger partial charge in [-0.3, -0.25) is 0 Å². The summed E-state index contributed by atoms with van der Waals surface area (Å²) >= 11 is 0. The molecule has 0 radical (unpaired) electrons. The first-order valence-electron chi connectivity index (χ1n) is 5.37. The molecule has 0 amide bonds. The van der Waals surface area contributed by atoms with Gasteiger partial charge in [-0.1, -0.05) is 0 Å². The Morgan fingerprint density at radius 2 is 2.36 bits per heavy atom. The van der Waals surface area contributed by atoms with Gasteiger partial charge in [0.05, 0.1) is 0 Å². The summed E-state index contributed by atoms with van der Waals surface area (Å²) in [5.41, 5.74) is 7.53. The minimum atomic E-state index is 0.456. The zero-order valence-corrected chi connectivity index (χ0v) is 8.55. The Bertz CT molecular complexity index is 262. The minimum Gasteiger partial charge on any atom is -0.367 e. The number of nitrogens with two attached hydrogens (primary N) is 1. The van der Waals surface area contributed by atoms with Gasteiger partial charge in [0.15, 0.2) is 0 Å². The SMILES string of the molecule is NCC1(CNCCc2cc[nH]c2)CC1. The van der Waals surface area contributed by atoms with Crippen molar-refractivity contribution in [2.45, 2.75) is 19.3 Å². The van der Waals surface area contributed by atoms with E-state index in [-0.39, 0.29) is 0 Å². The Labute approximate surface area is 85.1 Å². The van der Waals surface area contributed by atoms with E-state index in [0.717, 1.165) is 26.1 Å². The van der Waals surface area contributed by atoms with Crippen molar-refractivity contribution < 1.29 is 0 Å². The number of rotatable bonds is 6. The second-order valence-corrected chi connectivity index (χ2v) is 4.35.